The number of benzene rings is 1. The van der Waals surface area contributed by atoms with Gasteiger partial charge in [-0.2, -0.15) is 0 Å². The van der Waals surface area contributed by atoms with E-state index < -0.39 is 0 Å². The number of aryl methyl sites for hydroxylation is 1. The van der Waals surface area contributed by atoms with Gasteiger partial charge in [0.15, 0.2) is 0 Å². The highest BCUT2D eigenvalue weighted by Crippen LogP contribution is 2.25. The molecule has 0 aromatic heterocycles. The molecule has 1 saturated heterocycles. The summed E-state index contributed by atoms with van der Waals surface area (Å²) >= 11 is 0. The largest absolute Gasteiger partial charge is 0.378 e. The number of likely N-dealkylation sites (N-methyl/N-ethyl adjacent to an activating group) is 1. The molecular formula is C18H30N2O. The zero-order valence-corrected chi connectivity index (χ0v) is 13.9. The van der Waals surface area contributed by atoms with Crippen molar-refractivity contribution in [3.63, 3.8) is 0 Å². The summed E-state index contributed by atoms with van der Waals surface area (Å²) < 4.78 is 5.65. The van der Waals surface area contributed by atoms with Gasteiger partial charge in [0.2, 0.25) is 0 Å². The maximum atomic E-state index is 5.65. The van der Waals surface area contributed by atoms with E-state index in [1.165, 1.54) is 11.1 Å². The molecule has 3 atom stereocenters. The average molecular weight is 290 g/mol. The van der Waals surface area contributed by atoms with E-state index in [4.69, 9.17) is 4.74 Å². The third-order valence-corrected chi connectivity index (χ3v) is 4.61. The van der Waals surface area contributed by atoms with Crippen molar-refractivity contribution < 1.29 is 4.74 Å². The van der Waals surface area contributed by atoms with Gasteiger partial charge in [0.05, 0.1) is 13.2 Å². The molecule has 1 N–H and O–H groups in total. The Labute approximate surface area is 129 Å². The van der Waals surface area contributed by atoms with Crippen LogP contribution in [0, 0.1) is 6.92 Å². The molecule has 0 amide bonds. The van der Waals surface area contributed by atoms with Gasteiger partial charge < -0.3 is 10.1 Å². The van der Waals surface area contributed by atoms with Crippen LogP contribution >= 0.6 is 0 Å². The molecule has 1 aromatic carbocycles. The first-order valence-electron chi connectivity index (χ1n) is 8.30. The van der Waals surface area contributed by atoms with Gasteiger partial charge in [0.1, 0.15) is 0 Å². The van der Waals surface area contributed by atoms with E-state index in [0.29, 0.717) is 18.1 Å². The number of nitrogens with zero attached hydrogens (tertiary/aromatic N) is 1. The molecule has 0 radical (unpaired) electrons. The smallest absolute Gasteiger partial charge is 0.0622 e. The molecule has 1 fully saturated rings. The zero-order chi connectivity index (χ0) is 15.2. The highest BCUT2D eigenvalue weighted by atomic mass is 16.5. The maximum absolute atomic E-state index is 5.65. The SMILES string of the molecule is CCNC(c1ccc(C)cc1)C(C)N1CCOCC1CC. The molecule has 3 heteroatoms. The van der Waals surface area contributed by atoms with Gasteiger partial charge in [0, 0.05) is 24.7 Å². The maximum Gasteiger partial charge on any atom is 0.0622 e. The molecule has 3 nitrogen and oxygen atoms in total. The second-order valence-corrected chi connectivity index (χ2v) is 6.06. The molecule has 3 unspecified atom stereocenters. The molecule has 0 bridgehead atoms. The summed E-state index contributed by atoms with van der Waals surface area (Å²) in [6.07, 6.45) is 1.15. The number of hydrogen-bond donors (Lipinski definition) is 1. The van der Waals surface area contributed by atoms with Crippen molar-refractivity contribution >= 4 is 0 Å². The Kier molecular flexibility index (Phi) is 6.22. The normalized spacial score (nSPS) is 23.0. The standard InChI is InChI=1S/C18H30N2O/c1-5-17-13-21-12-11-20(17)15(4)18(19-6-2)16-9-7-14(3)8-10-16/h7-10,15,17-19H,5-6,11-13H2,1-4H3. The quantitative estimate of drug-likeness (QED) is 0.871. The Hall–Kier alpha value is -0.900. The number of morpholine rings is 1. The van der Waals surface area contributed by atoms with Crippen molar-refractivity contribution in [3.05, 3.63) is 35.4 Å². The van der Waals surface area contributed by atoms with Crippen LogP contribution in [-0.2, 0) is 4.74 Å². The fraction of sp³-hybridized carbons (Fsp3) is 0.667. The molecular weight excluding hydrogens is 260 g/mol. The zero-order valence-electron chi connectivity index (χ0n) is 13.9. The van der Waals surface area contributed by atoms with Crippen LogP contribution in [0.3, 0.4) is 0 Å². The Bertz CT molecular complexity index is 418. The summed E-state index contributed by atoms with van der Waals surface area (Å²) in [7, 11) is 0. The van der Waals surface area contributed by atoms with Gasteiger partial charge in [-0.05, 0) is 32.4 Å². The van der Waals surface area contributed by atoms with E-state index >= 15 is 0 Å². The first-order valence-corrected chi connectivity index (χ1v) is 8.30. The highest BCUT2D eigenvalue weighted by molar-refractivity contribution is 5.25. The summed E-state index contributed by atoms with van der Waals surface area (Å²) in [4.78, 5) is 2.62. The predicted molar refractivity (Wildman–Crippen MR) is 88.7 cm³/mol. The summed E-state index contributed by atoms with van der Waals surface area (Å²) in [5, 5.41) is 3.68. The number of rotatable bonds is 6. The van der Waals surface area contributed by atoms with Gasteiger partial charge >= 0.3 is 0 Å². The Balaban J connectivity index is 2.17. The molecule has 1 heterocycles. The molecule has 21 heavy (non-hydrogen) atoms. The van der Waals surface area contributed by atoms with Crippen LogP contribution in [0.2, 0.25) is 0 Å². The van der Waals surface area contributed by atoms with Crippen LogP contribution in [-0.4, -0.2) is 43.3 Å². The van der Waals surface area contributed by atoms with Crippen LogP contribution in [0.25, 0.3) is 0 Å². The molecule has 0 spiro atoms. The number of hydrogen-bond acceptors (Lipinski definition) is 3. The first kappa shape index (κ1) is 16.5. The lowest BCUT2D eigenvalue weighted by molar-refractivity contribution is -0.0338. The lowest BCUT2D eigenvalue weighted by Gasteiger charge is -2.42. The Morgan fingerprint density at radius 1 is 1.29 bits per heavy atom. The first-order chi connectivity index (χ1) is 10.2. The van der Waals surface area contributed by atoms with Crippen molar-refractivity contribution in [3.8, 4) is 0 Å². The number of nitrogens with one attached hydrogen (secondary N) is 1. The lowest BCUT2D eigenvalue weighted by Crippen LogP contribution is -2.53. The van der Waals surface area contributed by atoms with Crippen LogP contribution in [0.15, 0.2) is 24.3 Å². The fourth-order valence-corrected chi connectivity index (χ4v) is 3.31. The summed E-state index contributed by atoms with van der Waals surface area (Å²) in [6, 6.07) is 10.3. The lowest BCUT2D eigenvalue weighted by atomic mass is 9.96. The van der Waals surface area contributed by atoms with Crippen molar-refractivity contribution in [2.45, 2.75) is 52.2 Å². The van der Waals surface area contributed by atoms with E-state index in [9.17, 15) is 0 Å². The van der Waals surface area contributed by atoms with E-state index in [2.05, 4.69) is 62.2 Å². The summed E-state index contributed by atoms with van der Waals surface area (Å²) in [5.41, 5.74) is 2.70. The molecule has 118 valence electrons. The molecule has 0 aliphatic carbocycles. The number of ether oxygens (including phenoxy) is 1. The van der Waals surface area contributed by atoms with Crippen molar-refractivity contribution in [1.82, 2.24) is 10.2 Å². The second kappa shape index (κ2) is 7.92. The van der Waals surface area contributed by atoms with Crippen LogP contribution in [0.1, 0.15) is 44.4 Å². The average Bonchev–Trinajstić information content (AvgIpc) is 2.53. The second-order valence-electron chi connectivity index (χ2n) is 6.06. The monoisotopic (exact) mass is 290 g/mol. The predicted octanol–water partition coefficient (Wildman–Crippen LogP) is 3.14. The molecule has 1 aromatic rings. The van der Waals surface area contributed by atoms with Gasteiger partial charge in [-0.3, -0.25) is 4.90 Å². The molecule has 0 saturated carbocycles. The third-order valence-electron chi connectivity index (χ3n) is 4.61. The summed E-state index contributed by atoms with van der Waals surface area (Å²) in [6.45, 7) is 12.7. The van der Waals surface area contributed by atoms with E-state index in [0.717, 1.165) is 32.7 Å². The van der Waals surface area contributed by atoms with E-state index in [1.54, 1.807) is 0 Å². The molecule has 1 aliphatic rings. The Morgan fingerprint density at radius 2 is 2.00 bits per heavy atom. The van der Waals surface area contributed by atoms with Gasteiger partial charge in [-0.15, -0.1) is 0 Å². The highest BCUT2D eigenvalue weighted by Gasteiger charge is 2.30. The summed E-state index contributed by atoms with van der Waals surface area (Å²) in [5.74, 6) is 0. The third kappa shape index (κ3) is 4.06. The van der Waals surface area contributed by atoms with Gasteiger partial charge in [-0.1, -0.05) is 43.7 Å². The molecule has 2 rings (SSSR count). The van der Waals surface area contributed by atoms with Gasteiger partial charge in [0.25, 0.3) is 0 Å². The van der Waals surface area contributed by atoms with Crippen LogP contribution in [0.5, 0.6) is 0 Å². The minimum atomic E-state index is 0.378. The van der Waals surface area contributed by atoms with Gasteiger partial charge in [-0.25, -0.2) is 0 Å². The minimum absolute atomic E-state index is 0.378. The van der Waals surface area contributed by atoms with Crippen LogP contribution < -0.4 is 5.32 Å². The topological polar surface area (TPSA) is 24.5 Å². The fourth-order valence-electron chi connectivity index (χ4n) is 3.31. The Morgan fingerprint density at radius 3 is 2.62 bits per heavy atom. The van der Waals surface area contributed by atoms with Crippen molar-refractivity contribution in [2.24, 2.45) is 0 Å². The van der Waals surface area contributed by atoms with Crippen LogP contribution in [0.4, 0.5) is 0 Å². The van der Waals surface area contributed by atoms with Crippen molar-refractivity contribution in [1.29, 1.82) is 0 Å². The van der Waals surface area contributed by atoms with E-state index in [1.807, 2.05) is 0 Å². The minimum Gasteiger partial charge on any atom is -0.378 e. The van der Waals surface area contributed by atoms with E-state index in [-0.39, 0.29) is 0 Å². The molecule has 1 aliphatic heterocycles. The van der Waals surface area contributed by atoms with Crippen molar-refractivity contribution in [2.75, 3.05) is 26.3 Å².